The SMILES string of the molecule is CNC(=O)c1cc(SC)ccc1[N+](=O)[O-]. The first kappa shape index (κ1) is 11.5. The Morgan fingerprint density at radius 3 is 2.67 bits per heavy atom. The van der Waals surface area contributed by atoms with Gasteiger partial charge in [0.25, 0.3) is 11.6 Å². The molecule has 1 rings (SSSR count). The van der Waals surface area contributed by atoms with Crippen molar-refractivity contribution < 1.29 is 9.72 Å². The number of carbonyl (C=O) groups is 1. The number of nitrogens with zero attached hydrogens (tertiary/aromatic N) is 1. The van der Waals surface area contributed by atoms with Gasteiger partial charge < -0.3 is 5.32 Å². The maximum atomic E-state index is 11.4. The topological polar surface area (TPSA) is 72.2 Å². The van der Waals surface area contributed by atoms with E-state index in [4.69, 9.17) is 0 Å². The zero-order valence-corrected chi connectivity index (χ0v) is 9.13. The maximum absolute atomic E-state index is 11.4. The Morgan fingerprint density at radius 2 is 2.20 bits per heavy atom. The minimum atomic E-state index is -0.561. The predicted octanol–water partition coefficient (Wildman–Crippen LogP) is 1.68. The molecule has 0 spiro atoms. The fourth-order valence-corrected chi connectivity index (χ4v) is 1.56. The highest BCUT2D eigenvalue weighted by atomic mass is 32.2. The molecular formula is C9H10N2O3S. The van der Waals surface area contributed by atoms with Crippen LogP contribution in [0, 0.1) is 10.1 Å². The number of nitro benzene ring substituents is 1. The number of nitro groups is 1. The first-order valence-electron chi connectivity index (χ1n) is 4.14. The summed E-state index contributed by atoms with van der Waals surface area (Å²) < 4.78 is 0. The molecule has 0 aliphatic heterocycles. The normalized spacial score (nSPS) is 9.73. The van der Waals surface area contributed by atoms with Gasteiger partial charge in [-0.3, -0.25) is 14.9 Å². The zero-order valence-electron chi connectivity index (χ0n) is 8.31. The highest BCUT2D eigenvalue weighted by Crippen LogP contribution is 2.24. The molecule has 0 bridgehead atoms. The van der Waals surface area contributed by atoms with Crippen LogP contribution < -0.4 is 5.32 Å². The molecule has 1 N–H and O–H groups in total. The van der Waals surface area contributed by atoms with Crippen LogP contribution in [0.15, 0.2) is 23.1 Å². The van der Waals surface area contributed by atoms with Crippen LogP contribution in [0.25, 0.3) is 0 Å². The molecule has 0 atom stereocenters. The predicted molar refractivity (Wildman–Crippen MR) is 58.3 cm³/mol. The number of carbonyl (C=O) groups excluding carboxylic acids is 1. The molecule has 1 aromatic carbocycles. The molecular weight excluding hydrogens is 216 g/mol. The molecule has 0 aromatic heterocycles. The Hall–Kier alpha value is -1.56. The quantitative estimate of drug-likeness (QED) is 0.483. The number of rotatable bonds is 3. The molecule has 0 unspecified atom stereocenters. The number of nitrogens with one attached hydrogen (secondary N) is 1. The standard InChI is InChI=1S/C9H10N2O3S/c1-10-9(12)7-5-6(15-2)3-4-8(7)11(13)14/h3-5H,1-2H3,(H,10,12). The average molecular weight is 226 g/mol. The van der Waals surface area contributed by atoms with Crippen molar-refractivity contribution in [3.8, 4) is 0 Å². The summed E-state index contributed by atoms with van der Waals surface area (Å²) in [5, 5.41) is 13.0. The van der Waals surface area contributed by atoms with E-state index in [1.165, 1.54) is 30.9 Å². The van der Waals surface area contributed by atoms with Crippen molar-refractivity contribution in [1.82, 2.24) is 5.32 Å². The maximum Gasteiger partial charge on any atom is 0.282 e. The van der Waals surface area contributed by atoms with Crippen LogP contribution in [0.5, 0.6) is 0 Å². The second kappa shape index (κ2) is 4.79. The van der Waals surface area contributed by atoms with Crippen molar-refractivity contribution in [2.45, 2.75) is 4.90 Å². The van der Waals surface area contributed by atoms with Gasteiger partial charge in [0.1, 0.15) is 5.56 Å². The lowest BCUT2D eigenvalue weighted by Gasteiger charge is -2.03. The first-order chi connectivity index (χ1) is 7.10. The third-order valence-electron chi connectivity index (χ3n) is 1.87. The minimum absolute atomic E-state index is 0.0920. The van der Waals surface area contributed by atoms with Crippen molar-refractivity contribution in [3.05, 3.63) is 33.9 Å². The number of amides is 1. The van der Waals surface area contributed by atoms with Crippen molar-refractivity contribution in [1.29, 1.82) is 0 Å². The van der Waals surface area contributed by atoms with Gasteiger partial charge in [-0.1, -0.05) is 0 Å². The summed E-state index contributed by atoms with van der Waals surface area (Å²) in [6.07, 6.45) is 1.84. The molecule has 0 radical (unpaired) electrons. The molecule has 0 saturated heterocycles. The van der Waals surface area contributed by atoms with Crippen LogP contribution in [0.1, 0.15) is 10.4 Å². The highest BCUT2D eigenvalue weighted by molar-refractivity contribution is 7.98. The third-order valence-corrected chi connectivity index (χ3v) is 2.60. The Labute approximate surface area is 91.0 Å². The van der Waals surface area contributed by atoms with E-state index >= 15 is 0 Å². The van der Waals surface area contributed by atoms with Gasteiger partial charge in [0.05, 0.1) is 4.92 Å². The van der Waals surface area contributed by atoms with E-state index in [2.05, 4.69) is 5.32 Å². The second-order valence-electron chi connectivity index (χ2n) is 2.72. The van der Waals surface area contributed by atoms with Crippen LogP contribution in [-0.2, 0) is 0 Å². The monoisotopic (exact) mass is 226 g/mol. The molecule has 0 fully saturated rings. The van der Waals surface area contributed by atoms with Gasteiger partial charge in [-0.15, -0.1) is 11.8 Å². The highest BCUT2D eigenvalue weighted by Gasteiger charge is 2.19. The van der Waals surface area contributed by atoms with Gasteiger partial charge in [-0.25, -0.2) is 0 Å². The van der Waals surface area contributed by atoms with E-state index < -0.39 is 10.8 Å². The van der Waals surface area contributed by atoms with Crippen molar-refractivity contribution in [2.75, 3.05) is 13.3 Å². The number of thioether (sulfide) groups is 1. The summed E-state index contributed by atoms with van der Waals surface area (Å²) in [7, 11) is 1.44. The Balaban J connectivity index is 3.28. The smallest absolute Gasteiger partial charge is 0.282 e. The van der Waals surface area contributed by atoms with Crippen LogP contribution in [0.4, 0.5) is 5.69 Å². The van der Waals surface area contributed by atoms with Crippen LogP contribution >= 0.6 is 11.8 Å². The van der Waals surface area contributed by atoms with Gasteiger partial charge in [0.2, 0.25) is 0 Å². The fourth-order valence-electron chi connectivity index (χ4n) is 1.12. The van der Waals surface area contributed by atoms with Crippen LogP contribution in [-0.4, -0.2) is 24.1 Å². The van der Waals surface area contributed by atoms with Gasteiger partial charge >= 0.3 is 0 Å². The van der Waals surface area contributed by atoms with E-state index in [0.29, 0.717) is 0 Å². The van der Waals surface area contributed by atoms with E-state index in [-0.39, 0.29) is 11.3 Å². The summed E-state index contributed by atoms with van der Waals surface area (Å²) in [6.45, 7) is 0. The number of hydrogen-bond donors (Lipinski definition) is 1. The molecule has 6 heteroatoms. The summed E-state index contributed by atoms with van der Waals surface area (Å²) in [6, 6.07) is 4.48. The van der Waals surface area contributed by atoms with Gasteiger partial charge in [-0.2, -0.15) is 0 Å². The number of benzene rings is 1. The Kier molecular flexibility index (Phi) is 3.68. The first-order valence-corrected chi connectivity index (χ1v) is 5.37. The van der Waals surface area contributed by atoms with Gasteiger partial charge in [0, 0.05) is 18.0 Å². The summed E-state index contributed by atoms with van der Waals surface area (Å²) >= 11 is 1.43. The largest absolute Gasteiger partial charge is 0.355 e. The van der Waals surface area contributed by atoms with E-state index in [9.17, 15) is 14.9 Å². The average Bonchev–Trinajstić information content (AvgIpc) is 2.26. The lowest BCUT2D eigenvalue weighted by atomic mass is 10.1. The lowest BCUT2D eigenvalue weighted by molar-refractivity contribution is -0.385. The molecule has 0 saturated carbocycles. The molecule has 1 amide bonds. The molecule has 0 aliphatic rings. The molecule has 0 aliphatic carbocycles. The van der Waals surface area contributed by atoms with E-state index in [0.717, 1.165) is 4.90 Å². The van der Waals surface area contributed by atoms with Crippen molar-refractivity contribution in [2.24, 2.45) is 0 Å². The molecule has 15 heavy (non-hydrogen) atoms. The van der Waals surface area contributed by atoms with Gasteiger partial charge in [0.15, 0.2) is 0 Å². The Morgan fingerprint density at radius 1 is 1.53 bits per heavy atom. The number of hydrogen-bond acceptors (Lipinski definition) is 4. The van der Waals surface area contributed by atoms with Crippen LogP contribution in [0.3, 0.4) is 0 Å². The molecule has 80 valence electrons. The Bertz CT molecular complexity index is 406. The zero-order chi connectivity index (χ0) is 11.4. The third kappa shape index (κ3) is 2.47. The summed E-state index contributed by atoms with van der Waals surface area (Å²) in [5.74, 6) is -0.447. The summed E-state index contributed by atoms with van der Waals surface area (Å²) in [5.41, 5.74) is -0.0819. The van der Waals surface area contributed by atoms with Crippen molar-refractivity contribution >= 4 is 23.4 Å². The van der Waals surface area contributed by atoms with Gasteiger partial charge in [-0.05, 0) is 18.4 Å². The fraction of sp³-hybridized carbons (Fsp3) is 0.222. The van der Waals surface area contributed by atoms with Crippen LogP contribution in [0.2, 0.25) is 0 Å². The summed E-state index contributed by atoms with van der Waals surface area (Å²) in [4.78, 5) is 22.3. The lowest BCUT2D eigenvalue weighted by Crippen LogP contribution is -2.19. The second-order valence-corrected chi connectivity index (χ2v) is 3.60. The van der Waals surface area contributed by atoms with E-state index in [1.807, 2.05) is 6.26 Å². The van der Waals surface area contributed by atoms with Crippen molar-refractivity contribution in [3.63, 3.8) is 0 Å². The molecule has 5 nitrogen and oxygen atoms in total. The minimum Gasteiger partial charge on any atom is -0.355 e. The molecule has 1 aromatic rings. The molecule has 0 heterocycles. The van der Waals surface area contributed by atoms with E-state index in [1.54, 1.807) is 6.07 Å².